The highest BCUT2D eigenvalue weighted by atomic mass is 16.6. The van der Waals surface area contributed by atoms with Gasteiger partial charge in [-0.25, -0.2) is 0 Å². The Kier molecular flexibility index (Phi) is 4.50. The molecule has 140 valence electrons. The number of ether oxygens (including phenoxy) is 4. The summed E-state index contributed by atoms with van der Waals surface area (Å²) in [6, 6.07) is 11.0. The van der Waals surface area contributed by atoms with E-state index in [1.54, 1.807) is 26.4 Å². The van der Waals surface area contributed by atoms with E-state index >= 15 is 0 Å². The molecule has 2 aromatic carbocycles. The highest BCUT2D eigenvalue weighted by molar-refractivity contribution is 5.83. The predicted molar refractivity (Wildman–Crippen MR) is 102 cm³/mol. The van der Waals surface area contributed by atoms with Gasteiger partial charge in [0.1, 0.15) is 24.7 Å². The second-order valence-electron chi connectivity index (χ2n) is 6.13. The van der Waals surface area contributed by atoms with Crippen LogP contribution in [0.2, 0.25) is 0 Å². The molecular weight excluding hydrogens is 348 g/mol. The van der Waals surface area contributed by atoms with Crippen molar-refractivity contribution in [3.63, 3.8) is 0 Å². The number of H-pyrrole nitrogens is 1. The van der Waals surface area contributed by atoms with Gasteiger partial charge in [0.2, 0.25) is 0 Å². The molecule has 0 aliphatic carbocycles. The summed E-state index contributed by atoms with van der Waals surface area (Å²) in [7, 11) is 3.19. The van der Waals surface area contributed by atoms with Crippen molar-refractivity contribution in [3.8, 4) is 23.0 Å². The first-order valence-electron chi connectivity index (χ1n) is 8.59. The summed E-state index contributed by atoms with van der Waals surface area (Å²) >= 11 is 0. The van der Waals surface area contributed by atoms with Crippen molar-refractivity contribution in [3.05, 3.63) is 52.3 Å². The minimum Gasteiger partial charge on any atom is -0.497 e. The number of nitrogens with one attached hydrogen (secondary N) is 2. The van der Waals surface area contributed by atoms with Crippen molar-refractivity contribution in [1.29, 1.82) is 0 Å². The predicted octanol–water partition coefficient (Wildman–Crippen LogP) is 2.93. The maximum Gasteiger partial charge on any atom is 0.253 e. The summed E-state index contributed by atoms with van der Waals surface area (Å²) < 4.78 is 21.8. The van der Waals surface area contributed by atoms with Crippen LogP contribution in [0.25, 0.3) is 10.9 Å². The van der Waals surface area contributed by atoms with E-state index < -0.39 is 0 Å². The standard InChI is InChI=1S/C20H20N2O5/c1-24-14-3-4-15(17(9-14)25-2)21-11-13-7-12-8-18-19(27-6-5-26-18)10-16(12)22-20(13)23/h3-4,7-10,21H,5-6,11H2,1-2H3,(H,22,23). The number of pyridine rings is 1. The second kappa shape index (κ2) is 7.11. The van der Waals surface area contributed by atoms with Gasteiger partial charge in [-0.05, 0) is 24.3 Å². The van der Waals surface area contributed by atoms with Gasteiger partial charge >= 0.3 is 0 Å². The van der Waals surface area contributed by atoms with E-state index in [-0.39, 0.29) is 5.56 Å². The number of methoxy groups -OCH3 is 2. The van der Waals surface area contributed by atoms with Crippen LogP contribution in [0.4, 0.5) is 5.69 Å². The Balaban J connectivity index is 1.62. The van der Waals surface area contributed by atoms with Gasteiger partial charge in [-0.15, -0.1) is 0 Å². The first-order chi connectivity index (χ1) is 13.2. The third-order valence-corrected chi connectivity index (χ3v) is 4.46. The van der Waals surface area contributed by atoms with Gasteiger partial charge in [-0.1, -0.05) is 0 Å². The van der Waals surface area contributed by atoms with E-state index in [4.69, 9.17) is 18.9 Å². The average Bonchev–Trinajstić information content (AvgIpc) is 2.70. The van der Waals surface area contributed by atoms with Crippen LogP contribution in [0, 0.1) is 0 Å². The molecule has 1 aromatic heterocycles. The first kappa shape index (κ1) is 17.1. The Morgan fingerprint density at radius 1 is 1.04 bits per heavy atom. The molecule has 0 spiro atoms. The van der Waals surface area contributed by atoms with Gasteiger partial charge in [0.15, 0.2) is 11.5 Å². The normalized spacial score (nSPS) is 12.7. The molecule has 4 rings (SSSR count). The lowest BCUT2D eigenvalue weighted by Gasteiger charge is -2.19. The summed E-state index contributed by atoms with van der Waals surface area (Å²) in [6.07, 6.45) is 0. The minimum absolute atomic E-state index is 0.154. The maximum atomic E-state index is 12.5. The number of anilines is 1. The molecule has 0 bridgehead atoms. The van der Waals surface area contributed by atoms with E-state index in [1.165, 1.54) is 0 Å². The van der Waals surface area contributed by atoms with Crippen molar-refractivity contribution in [1.82, 2.24) is 4.98 Å². The number of hydrogen-bond donors (Lipinski definition) is 2. The Hall–Kier alpha value is -3.35. The molecule has 7 heteroatoms. The Morgan fingerprint density at radius 2 is 1.81 bits per heavy atom. The fourth-order valence-corrected chi connectivity index (χ4v) is 3.05. The van der Waals surface area contributed by atoms with Gasteiger partial charge in [0.05, 0.1) is 25.4 Å². The summed E-state index contributed by atoms with van der Waals surface area (Å²) in [5.41, 5.74) is 1.95. The van der Waals surface area contributed by atoms with Crippen molar-refractivity contribution >= 4 is 16.6 Å². The zero-order chi connectivity index (χ0) is 18.8. The topological polar surface area (TPSA) is 81.8 Å². The zero-order valence-electron chi connectivity index (χ0n) is 15.1. The third-order valence-electron chi connectivity index (χ3n) is 4.46. The number of fused-ring (bicyclic) bond motifs is 2. The lowest BCUT2D eigenvalue weighted by atomic mass is 10.1. The molecule has 2 heterocycles. The molecule has 0 saturated heterocycles. The SMILES string of the molecule is COc1ccc(NCc2cc3cc4c(cc3[nH]c2=O)OCCO4)c(OC)c1. The smallest absolute Gasteiger partial charge is 0.253 e. The number of aromatic nitrogens is 1. The molecule has 1 aliphatic heterocycles. The van der Waals surface area contributed by atoms with Crippen LogP contribution in [0.15, 0.2) is 41.2 Å². The average molecular weight is 368 g/mol. The maximum absolute atomic E-state index is 12.5. The van der Waals surface area contributed by atoms with Crippen LogP contribution in [-0.2, 0) is 6.54 Å². The molecule has 3 aromatic rings. The first-order valence-corrected chi connectivity index (χ1v) is 8.59. The highest BCUT2D eigenvalue weighted by Gasteiger charge is 2.14. The number of hydrogen-bond acceptors (Lipinski definition) is 6. The van der Waals surface area contributed by atoms with E-state index in [2.05, 4.69) is 10.3 Å². The van der Waals surface area contributed by atoms with Crippen molar-refractivity contribution in [2.75, 3.05) is 32.8 Å². The van der Waals surface area contributed by atoms with Crippen molar-refractivity contribution in [2.24, 2.45) is 0 Å². The molecule has 1 aliphatic rings. The van der Waals surface area contributed by atoms with E-state index in [9.17, 15) is 4.79 Å². The summed E-state index contributed by atoms with van der Waals surface area (Å²) in [6.45, 7) is 1.38. The van der Waals surface area contributed by atoms with Crippen LogP contribution < -0.4 is 29.8 Å². The zero-order valence-corrected chi connectivity index (χ0v) is 15.1. The molecule has 7 nitrogen and oxygen atoms in total. The minimum atomic E-state index is -0.154. The van der Waals surface area contributed by atoms with Crippen LogP contribution in [0.1, 0.15) is 5.56 Å². The van der Waals surface area contributed by atoms with E-state index in [0.29, 0.717) is 48.3 Å². The molecule has 0 unspecified atom stereocenters. The quantitative estimate of drug-likeness (QED) is 0.721. The van der Waals surface area contributed by atoms with Gasteiger partial charge in [-0.2, -0.15) is 0 Å². The van der Waals surface area contributed by atoms with Crippen LogP contribution >= 0.6 is 0 Å². The molecule has 0 atom stereocenters. The van der Waals surface area contributed by atoms with Crippen molar-refractivity contribution in [2.45, 2.75) is 6.54 Å². The summed E-state index contributed by atoms with van der Waals surface area (Å²) in [5, 5.41) is 4.13. The molecule has 0 fully saturated rings. The van der Waals surface area contributed by atoms with Gasteiger partial charge in [0, 0.05) is 29.6 Å². The fraction of sp³-hybridized carbons (Fsp3) is 0.250. The number of rotatable bonds is 5. The second-order valence-corrected chi connectivity index (χ2v) is 6.13. The summed E-state index contributed by atoms with van der Waals surface area (Å²) in [5.74, 6) is 2.69. The van der Waals surface area contributed by atoms with Gasteiger partial charge in [0.25, 0.3) is 5.56 Å². The van der Waals surface area contributed by atoms with Gasteiger partial charge < -0.3 is 29.2 Å². The van der Waals surface area contributed by atoms with E-state index in [1.807, 2.05) is 24.3 Å². The Morgan fingerprint density at radius 3 is 2.56 bits per heavy atom. The molecule has 0 saturated carbocycles. The number of benzene rings is 2. The van der Waals surface area contributed by atoms with E-state index in [0.717, 1.165) is 16.6 Å². The molecule has 27 heavy (non-hydrogen) atoms. The van der Waals surface area contributed by atoms with Gasteiger partial charge in [-0.3, -0.25) is 4.79 Å². The van der Waals surface area contributed by atoms with Crippen LogP contribution in [0.5, 0.6) is 23.0 Å². The third kappa shape index (κ3) is 3.36. The monoisotopic (exact) mass is 368 g/mol. The Labute approximate surface area is 155 Å². The molecular formula is C20H20N2O5. The van der Waals surface area contributed by atoms with Crippen LogP contribution in [-0.4, -0.2) is 32.4 Å². The van der Waals surface area contributed by atoms with Crippen LogP contribution in [0.3, 0.4) is 0 Å². The molecule has 0 radical (unpaired) electrons. The summed E-state index contributed by atoms with van der Waals surface area (Å²) in [4.78, 5) is 15.4. The largest absolute Gasteiger partial charge is 0.497 e. The molecule has 0 amide bonds. The fourth-order valence-electron chi connectivity index (χ4n) is 3.05. The lowest BCUT2D eigenvalue weighted by molar-refractivity contribution is 0.172. The lowest BCUT2D eigenvalue weighted by Crippen LogP contribution is -2.17. The highest BCUT2D eigenvalue weighted by Crippen LogP contribution is 2.34. The molecule has 2 N–H and O–H groups in total. The number of aromatic amines is 1. The Bertz CT molecular complexity index is 1040. The van der Waals surface area contributed by atoms with Crippen molar-refractivity contribution < 1.29 is 18.9 Å².